The van der Waals surface area contributed by atoms with Gasteiger partial charge >= 0.3 is 5.97 Å². The Labute approximate surface area is 110 Å². The van der Waals surface area contributed by atoms with Crippen molar-refractivity contribution in [2.24, 2.45) is 0 Å². The van der Waals surface area contributed by atoms with Crippen molar-refractivity contribution in [3.05, 3.63) is 10.6 Å². The number of anilines is 1. The number of methoxy groups -OCH3 is 1. The predicted octanol–water partition coefficient (Wildman–Crippen LogP) is 2.79. The first-order valence-corrected chi connectivity index (χ1v) is 7.60. The SMILES string of the molecule is COC(=O)c1nc(NC(C)CCSC)sc1C. The first-order valence-electron chi connectivity index (χ1n) is 5.39. The summed E-state index contributed by atoms with van der Waals surface area (Å²) in [6.07, 6.45) is 3.17. The zero-order valence-electron chi connectivity index (χ0n) is 10.6. The van der Waals surface area contributed by atoms with E-state index in [0.29, 0.717) is 11.7 Å². The molecular formula is C11H18N2O2S2. The summed E-state index contributed by atoms with van der Waals surface area (Å²) < 4.78 is 4.67. The molecule has 0 spiro atoms. The number of esters is 1. The minimum absolute atomic E-state index is 0.360. The number of aromatic nitrogens is 1. The number of hydrogen-bond acceptors (Lipinski definition) is 6. The lowest BCUT2D eigenvalue weighted by Crippen LogP contribution is -2.16. The number of carbonyl (C=O) groups excluding carboxylic acids is 1. The van der Waals surface area contributed by atoms with E-state index in [1.807, 2.05) is 18.7 Å². The van der Waals surface area contributed by atoms with E-state index in [1.54, 1.807) is 0 Å². The molecule has 1 unspecified atom stereocenters. The van der Waals surface area contributed by atoms with Crippen molar-refractivity contribution in [2.45, 2.75) is 26.3 Å². The Balaban J connectivity index is 2.63. The fourth-order valence-electron chi connectivity index (χ4n) is 1.32. The minimum Gasteiger partial charge on any atom is -0.464 e. The number of thiazole rings is 1. The molecule has 1 aromatic rings. The van der Waals surface area contributed by atoms with Crippen molar-refractivity contribution < 1.29 is 9.53 Å². The standard InChI is InChI=1S/C11H18N2O2S2/c1-7(5-6-16-4)12-11-13-9(8(2)17-11)10(14)15-3/h7H,5-6H2,1-4H3,(H,12,13). The number of nitrogens with one attached hydrogen (secondary N) is 1. The molecule has 1 N–H and O–H groups in total. The van der Waals surface area contributed by atoms with Gasteiger partial charge in [0.05, 0.1) is 7.11 Å². The third-order valence-corrected chi connectivity index (χ3v) is 3.85. The molecule has 1 aromatic heterocycles. The van der Waals surface area contributed by atoms with Gasteiger partial charge < -0.3 is 10.1 Å². The number of carbonyl (C=O) groups is 1. The van der Waals surface area contributed by atoms with E-state index in [2.05, 4.69) is 28.2 Å². The van der Waals surface area contributed by atoms with Crippen molar-refractivity contribution >= 4 is 34.2 Å². The molecule has 1 heterocycles. The molecular weight excluding hydrogens is 256 g/mol. The lowest BCUT2D eigenvalue weighted by molar-refractivity contribution is 0.0594. The smallest absolute Gasteiger partial charge is 0.357 e. The molecule has 0 radical (unpaired) electrons. The highest BCUT2D eigenvalue weighted by Crippen LogP contribution is 2.23. The van der Waals surface area contributed by atoms with Crippen LogP contribution in [0.1, 0.15) is 28.7 Å². The summed E-state index contributed by atoms with van der Waals surface area (Å²) in [6.45, 7) is 3.99. The third-order valence-electron chi connectivity index (χ3n) is 2.30. The molecule has 0 aliphatic rings. The summed E-state index contributed by atoms with van der Waals surface area (Å²) in [6, 6.07) is 0.360. The van der Waals surface area contributed by atoms with Gasteiger partial charge in [-0.3, -0.25) is 0 Å². The average Bonchev–Trinajstić information content (AvgIpc) is 2.66. The van der Waals surface area contributed by atoms with Crippen LogP contribution < -0.4 is 5.32 Å². The number of nitrogens with zero attached hydrogens (tertiary/aromatic N) is 1. The Morgan fingerprint density at radius 2 is 2.35 bits per heavy atom. The van der Waals surface area contributed by atoms with Gasteiger partial charge in [-0.2, -0.15) is 11.8 Å². The van der Waals surface area contributed by atoms with E-state index in [9.17, 15) is 4.79 Å². The first kappa shape index (κ1) is 14.3. The van der Waals surface area contributed by atoms with E-state index in [4.69, 9.17) is 0 Å². The lowest BCUT2D eigenvalue weighted by atomic mass is 10.3. The van der Waals surface area contributed by atoms with Crippen LogP contribution in [0.4, 0.5) is 5.13 Å². The second-order valence-corrected chi connectivity index (χ2v) is 5.93. The highest BCUT2D eigenvalue weighted by molar-refractivity contribution is 7.98. The second kappa shape index (κ2) is 6.86. The van der Waals surface area contributed by atoms with Gasteiger partial charge in [0.15, 0.2) is 10.8 Å². The molecule has 0 aliphatic carbocycles. The van der Waals surface area contributed by atoms with Crippen molar-refractivity contribution in [3.8, 4) is 0 Å². The number of rotatable bonds is 6. The summed E-state index contributed by atoms with van der Waals surface area (Å²) in [5.74, 6) is 0.742. The van der Waals surface area contributed by atoms with Gasteiger partial charge in [-0.1, -0.05) is 0 Å². The molecule has 4 nitrogen and oxygen atoms in total. The van der Waals surface area contributed by atoms with Crippen LogP contribution >= 0.6 is 23.1 Å². The van der Waals surface area contributed by atoms with Gasteiger partial charge in [0, 0.05) is 10.9 Å². The Morgan fingerprint density at radius 1 is 1.65 bits per heavy atom. The summed E-state index contributed by atoms with van der Waals surface area (Å²) in [5.41, 5.74) is 0.414. The Kier molecular flexibility index (Phi) is 5.77. The van der Waals surface area contributed by atoms with Crippen molar-refractivity contribution in [3.63, 3.8) is 0 Å². The maximum absolute atomic E-state index is 11.4. The average molecular weight is 274 g/mol. The van der Waals surface area contributed by atoms with Gasteiger partial charge in [-0.25, -0.2) is 9.78 Å². The number of aryl methyl sites for hydroxylation is 1. The van der Waals surface area contributed by atoms with Gasteiger partial charge in [-0.05, 0) is 32.3 Å². The molecule has 0 amide bonds. The van der Waals surface area contributed by atoms with E-state index < -0.39 is 0 Å². The van der Waals surface area contributed by atoms with Gasteiger partial charge in [0.25, 0.3) is 0 Å². The van der Waals surface area contributed by atoms with Crippen molar-refractivity contribution in [2.75, 3.05) is 24.4 Å². The fraction of sp³-hybridized carbons (Fsp3) is 0.636. The molecule has 6 heteroatoms. The summed E-state index contributed by atoms with van der Waals surface area (Å²) >= 11 is 3.32. The van der Waals surface area contributed by atoms with Crippen molar-refractivity contribution in [1.82, 2.24) is 4.98 Å². The summed E-state index contributed by atoms with van der Waals surface area (Å²) in [4.78, 5) is 16.5. The fourth-order valence-corrected chi connectivity index (χ4v) is 2.82. The molecule has 0 fully saturated rings. The van der Waals surface area contributed by atoms with Crippen LogP contribution in [0.3, 0.4) is 0 Å². The van der Waals surface area contributed by atoms with E-state index in [-0.39, 0.29) is 5.97 Å². The summed E-state index contributed by atoms with van der Waals surface area (Å²) in [7, 11) is 1.37. The Bertz CT molecular complexity index is 380. The van der Waals surface area contributed by atoms with Gasteiger partial charge in [-0.15, -0.1) is 11.3 Å². The minimum atomic E-state index is -0.372. The van der Waals surface area contributed by atoms with Gasteiger partial charge in [0.2, 0.25) is 0 Å². The van der Waals surface area contributed by atoms with Crippen LogP contribution in [0.5, 0.6) is 0 Å². The molecule has 0 saturated heterocycles. The Hall–Kier alpha value is -0.750. The summed E-state index contributed by atoms with van der Waals surface area (Å²) in [5, 5.41) is 4.09. The maximum Gasteiger partial charge on any atom is 0.357 e. The van der Waals surface area contributed by atoms with Crippen LogP contribution in [0.2, 0.25) is 0 Å². The molecule has 0 bridgehead atoms. The highest BCUT2D eigenvalue weighted by Gasteiger charge is 2.16. The molecule has 1 atom stereocenters. The topological polar surface area (TPSA) is 51.2 Å². The van der Waals surface area contributed by atoms with Crippen LogP contribution in [-0.4, -0.2) is 36.1 Å². The normalized spacial score (nSPS) is 12.2. The zero-order chi connectivity index (χ0) is 12.8. The molecule has 1 rings (SSSR count). The number of thioether (sulfide) groups is 1. The highest BCUT2D eigenvalue weighted by atomic mass is 32.2. The number of ether oxygens (including phenoxy) is 1. The maximum atomic E-state index is 11.4. The van der Waals surface area contributed by atoms with Crippen LogP contribution in [0.15, 0.2) is 0 Å². The molecule has 96 valence electrons. The largest absolute Gasteiger partial charge is 0.464 e. The molecule has 0 saturated carbocycles. The molecule has 17 heavy (non-hydrogen) atoms. The zero-order valence-corrected chi connectivity index (χ0v) is 12.2. The van der Waals surface area contributed by atoms with E-state index in [1.165, 1.54) is 18.4 Å². The van der Waals surface area contributed by atoms with Crippen LogP contribution in [-0.2, 0) is 4.74 Å². The lowest BCUT2D eigenvalue weighted by Gasteiger charge is -2.11. The molecule has 0 aliphatic heterocycles. The third kappa shape index (κ3) is 4.20. The van der Waals surface area contributed by atoms with E-state index in [0.717, 1.165) is 22.2 Å². The second-order valence-electron chi connectivity index (χ2n) is 3.74. The Morgan fingerprint density at radius 3 is 2.94 bits per heavy atom. The van der Waals surface area contributed by atoms with Crippen molar-refractivity contribution in [1.29, 1.82) is 0 Å². The van der Waals surface area contributed by atoms with Crippen LogP contribution in [0.25, 0.3) is 0 Å². The van der Waals surface area contributed by atoms with Crippen LogP contribution in [0, 0.1) is 6.92 Å². The van der Waals surface area contributed by atoms with E-state index >= 15 is 0 Å². The number of hydrogen-bond donors (Lipinski definition) is 1. The quantitative estimate of drug-likeness (QED) is 0.808. The predicted molar refractivity (Wildman–Crippen MR) is 74.3 cm³/mol. The first-order chi connectivity index (χ1) is 8.08. The monoisotopic (exact) mass is 274 g/mol. The molecule has 0 aromatic carbocycles. The van der Waals surface area contributed by atoms with Gasteiger partial charge in [0.1, 0.15) is 0 Å².